The van der Waals surface area contributed by atoms with Gasteiger partial charge in [0, 0.05) is 15.6 Å². The lowest BCUT2D eigenvalue weighted by molar-refractivity contribution is 0.0462. The zero-order valence-corrected chi connectivity index (χ0v) is 21.6. The van der Waals surface area contributed by atoms with Crippen LogP contribution in [0.3, 0.4) is 0 Å². The van der Waals surface area contributed by atoms with Crippen molar-refractivity contribution < 1.29 is 14.3 Å². The molecule has 0 unspecified atom stereocenters. The Hall–Kier alpha value is -4.36. The number of hydrogen-bond acceptors (Lipinski definition) is 5. The van der Waals surface area contributed by atoms with Gasteiger partial charge in [-0.05, 0) is 48.4 Å². The zero-order valence-electron chi connectivity index (χ0n) is 20.0. The van der Waals surface area contributed by atoms with Crippen molar-refractivity contribution in [3.05, 3.63) is 125 Å². The molecule has 0 saturated heterocycles. The molecule has 1 heterocycles. The highest BCUT2D eigenvalue weighted by Crippen LogP contribution is 2.24. The van der Waals surface area contributed by atoms with E-state index in [2.05, 4.69) is 26.0 Å². The second kappa shape index (κ2) is 10.7. The summed E-state index contributed by atoms with van der Waals surface area (Å²) in [6.07, 6.45) is 0. The van der Waals surface area contributed by atoms with Gasteiger partial charge in [-0.1, -0.05) is 94.3 Å². The van der Waals surface area contributed by atoms with Crippen molar-refractivity contribution in [1.29, 1.82) is 0 Å². The highest BCUT2D eigenvalue weighted by molar-refractivity contribution is 9.10. The molecule has 1 aromatic heterocycles. The maximum Gasteiger partial charge on any atom is 0.378 e. The van der Waals surface area contributed by atoms with E-state index < -0.39 is 12.6 Å². The monoisotopic (exact) mass is 551 g/mol. The Morgan fingerprint density at radius 1 is 0.811 bits per heavy atom. The van der Waals surface area contributed by atoms with E-state index in [1.54, 1.807) is 16.8 Å². The first kappa shape index (κ1) is 24.3. The van der Waals surface area contributed by atoms with Crippen LogP contribution in [0.5, 0.6) is 0 Å². The number of esters is 1. The first-order chi connectivity index (χ1) is 18.0. The third kappa shape index (κ3) is 5.57. The Morgan fingerprint density at radius 3 is 2.19 bits per heavy atom. The van der Waals surface area contributed by atoms with Crippen LogP contribution in [0, 0.1) is 6.92 Å². The Bertz CT molecular complexity index is 1560. The number of nitrogens with zero attached hydrogens (tertiary/aromatic N) is 3. The molecule has 0 spiro atoms. The number of aromatic nitrogens is 3. The van der Waals surface area contributed by atoms with Gasteiger partial charge in [-0.2, -0.15) is 0 Å². The van der Waals surface area contributed by atoms with Gasteiger partial charge < -0.3 is 4.74 Å². The van der Waals surface area contributed by atoms with Crippen molar-refractivity contribution in [1.82, 2.24) is 14.8 Å². The molecule has 182 valence electrons. The number of carbonyl (C=O) groups excluding carboxylic acids is 2. The van der Waals surface area contributed by atoms with Crippen LogP contribution in [0.2, 0.25) is 0 Å². The van der Waals surface area contributed by atoms with E-state index in [1.165, 1.54) is 0 Å². The first-order valence-corrected chi connectivity index (χ1v) is 12.4. The lowest BCUT2D eigenvalue weighted by Crippen LogP contribution is -2.15. The lowest BCUT2D eigenvalue weighted by atomic mass is 10.0. The summed E-state index contributed by atoms with van der Waals surface area (Å²) in [5, 5.41) is 4.42. The largest absolute Gasteiger partial charge is 0.451 e. The number of rotatable bonds is 7. The van der Waals surface area contributed by atoms with Crippen LogP contribution in [-0.2, 0) is 4.74 Å². The molecule has 0 amide bonds. The van der Waals surface area contributed by atoms with Gasteiger partial charge >= 0.3 is 5.97 Å². The highest BCUT2D eigenvalue weighted by Gasteiger charge is 2.21. The van der Waals surface area contributed by atoms with Crippen molar-refractivity contribution in [2.75, 3.05) is 6.61 Å². The number of benzene rings is 4. The number of ether oxygens (including phenoxy) is 1. The molecule has 0 atom stereocenters. The van der Waals surface area contributed by atoms with Crippen LogP contribution in [0.15, 0.2) is 108 Å². The standard InChI is InChI=1S/C30H22BrN3O3/c1-20-6-5-9-24(18-20)29-32-28(33-34(29)26-16-14-25(31)15-17-26)30(36)37-19-27(35)23-12-10-22(11-13-23)21-7-3-2-4-8-21/h2-18H,19H2,1H3. The topological polar surface area (TPSA) is 74.1 Å². The van der Waals surface area contributed by atoms with Crippen LogP contribution in [-0.4, -0.2) is 33.1 Å². The van der Waals surface area contributed by atoms with E-state index in [0.717, 1.165) is 32.4 Å². The number of hydrogen-bond donors (Lipinski definition) is 0. The van der Waals surface area contributed by atoms with Gasteiger partial charge in [-0.3, -0.25) is 4.79 Å². The molecule has 0 aliphatic carbocycles. The Balaban J connectivity index is 1.34. The first-order valence-electron chi connectivity index (χ1n) is 11.6. The summed E-state index contributed by atoms with van der Waals surface area (Å²) in [6, 6.07) is 32.4. The molecule has 0 saturated carbocycles. The van der Waals surface area contributed by atoms with Crippen molar-refractivity contribution >= 4 is 27.7 Å². The fourth-order valence-corrected chi connectivity index (χ4v) is 4.15. The second-order valence-electron chi connectivity index (χ2n) is 8.46. The molecule has 6 nitrogen and oxygen atoms in total. The minimum absolute atomic E-state index is 0.119. The molecule has 0 N–H and O–H groups in total. The van der Waals surface area contributed by atoms with Crippen LogP contribution >= 0.6 is 15.9 Å². The normalized spacial score (nSPS) is 10.8. The number of halogens is 1. The number of ketones is 1. The van der Waals surface area contributed by atoms with Gasteiger partial charge in [0.15, 0.2) is 18.2 Å². The SMILES string of the molecule is Cc1cccc(-c2nc(C(=O)OCC(=O)c3ccc(-c4ccccc4)cc3)nn2-c2ccc(Br)cc2)c1. The fraction of sp³-hybridized carbons (Fsp3) is 0.0667. The maximum atomic E-state index is 12.8. The molecular weight excluding hydrogens is 530 g/mol. The highest BCUT2D eigenvalue weighted by atomic mass is 79.9. The van der Waals surface area contributed by atoms with E-state index in [-0.39, 0.29) is 11.6 Å². The van der Waals surface area contributed by atoms with Gasteiger partial charge in [-0.25, -0.2) is 14.5 Å². The van der Waals surface area contributed by atoms with Gasteiger partial charge in [0.1, 0.15) is 0 Å². The predicted molar refractivity (Wildman–Crippen MR) is 146 cm³/mol. The van der Waals surface area contributed by atoms with E-state index in [9.17, 15) is 9.59 Å². The number of Topliss-reactive ketones (excluding diaryl/α,β-unsaturated/α-hetero) is 1. The summed E-state index contributed by atoms with van der Waals surface area (Å²) < 4.78 is 7.83. The molecule has 7 heteroatoms. The Labute approximate surface area is 222 Å². The van der Waals surface area contributed by atoms with Crippen molar-refractivity contribution in [2.45, 2.75) is 6.92 Å². The predicted octanol–water partition coefficient (Wildman–Crippen LogP) is 6.71. The van der Waals surface area contributed by atoms with Crippen LogP contribution in [0.4, 0.5) is 0 Å². The molecule has 0 bridgehead atoms. The third-order valence-electron chi connectivity index (χ3n) is 5.79. The minimum Gasteiger partial charge on any atom is -0.451 e. The minimum atomic E-state index is -0.765. The average Bonchev–Trinajstić information content (AvgIpc) is 3.38. The molecule has 37 heavy (non-hydrogen) atoms. The molecule has 5 aromatic rings. The van der Waals surface area contributed by atoms with Gasteiger partial charge in [0.25, 0.3) is 5.82 Å². The van der Waals surface area contributed by atoms with Crippen LogP contribution in [0.1, 0.15) is 26.5 Å². The maximum absolute atomic E-state index is 12.8. The van der Waals surface area contributed by atoms with Crippen molar-refractivity contribution in [3.63, 3.8) is 0 Å². The summed E-state index contributed by atoms with van der Waals surface area (Å²) >= 11 is 3.44. The van der Waals surface area contributed by atoms with Gasteiger partial charge in [0.2, 0.25) is 0 Å². The average molecular weight is 552 g/mol. The van der Waals surface area contributed by atoms with Crippen LogP contribution in [0.25, 0.3) is 28.2 Å². The zero-order chi connectivity index (χ0) is 25.8. The smallest absolute Gasteiger partial charge is 0.378 e. The van der Waals surface area contributed by atoms with E-state index in [4.69, 9.17) is 4.74 Å². The molecule has 0 radical (unpaired) electrons. The lowest BCUT2D eigenvalue weighted by Gasteiger charge is -2.06. The molecule has 0 aliphatic heterocycles. The van der Waals surface area contributed by atoms with Gasteiger partial charge in [-0.15, -0.1) is 5.10 Å². The molecule has 0 fully saturated rings. The summed E-state index contributed by atoms with van der Waals surface area (Å²) in [7, 11) is 0. The fourth-order valence-electron chi connectivity index (χ4n) is 3.89. The van der Waals surface area contributed by atoms with E-state index in [0.29, 0.717) is 11.4 Å². The van der Waals surface area contributed by atoms with Crippen molar-refractivity contribution in [3.8, 4) is 28.2 Å². The number of aryl methyl sites for hydroxylation is 1. The van der Waals surface area contributed by atoms with Gasteiger partial charge in [0.05, 0.1) is 5.69 Å². The third-order valence-corrected chi connectivity index (χ3v) is 6.31. The molecule has 0 aliphatic rings. The summed E-state index contributed by atoms with van der Waals surface area (Å²) in [4.78, 5) is 30.0. The van der Waals surface area contributed by atoms with Crippen molar-refractivity contribution in [2.24, 2.45) is 0 Å². The Kier molecular flexibility index (Phi) is 7.05. The summed E-state index contributed by atoms with van der Waals surface area (Å²) in [5.74, 6) is -0.689. The molecular formula is C30H22BrN3O3. The van der Waals surface area contributed by atoms with E-state index >= 15 is 0 Å². The molecule has 4 aromatic carbocycles. The molecule has 5 rings (SSSR count). The van der Waals surface area contributed by atoms with E-state index in [1.807, 2.05) is 97.9 Å². The second-order valence-corrected chi connectivity index (χ2v) is 9.38. The quantitative estimate of drug-likeness (QED) is 0.166. The summed E-state index contributed by atoms with van der Waals surface area (Å²) in [6.45, 7) is 1.58. The summed E-state index contributed by atoms with van der Waals surface area (Å²) in [5.41, 5.74) is 5.12. The number of carbonyl (C=O) groups is 2. The van der Waals surface area contributed by atoms with Crippen LogP contribution < -0.4 is 0 Å². The Morgan fingerprint density at radius 2 is 1.49 bits per heavy atom.